The van der Waals surface area contributed by atoms with Crippen LogP contribution < -0.4 is 0 Å². The third-order valence-corrected chi connectivity index (χ3v) is 6.60. The maximum atomic E-state index is 13.0. The highest BCUT2D eigenvalue weighted by Gasteiger charge is 2.12. The molecule has 2 nitrogen and oxygen atoms in total. The van der Waals surface area contributed by atoms with E-state index >= 15 is 0 Å². The van der Waals surface area contributed by atoms with Gasteiger partial charge in [0.2, 0.25) is 0 Å². The Kier molecular flexibility index (Phi) is 11.0. The van der Waals surface area contributed by atoms with E-state index in [2.05, 4.69) is 77.1 Å². The lowest BCUT2D eigenvalue weighted by atomic mass is 9.98. The first-order valence-electron chi connectivity index (χ1n) is 11.5. The van der Waals surface area contributed by atoms with Crippen LogP contribution in [0.4, 0.5) is 0 Å². The van der Waals surface area contributed by atoms with Gasteiger partial charge in [-0.3, -0.25) is 4.79 Å². The number of hydrogen-bond acceptors (Lipinski definition) is 2. The zero-order chi connectivity index (χ0) is 21.3. The number of halogens is 2. The highest BCUT2D eigenvalue weighted by Crippen LogP contribution is 2.32. The van der Waals surface area contributed by atoms with Gasteiger partial charge < -0.3 is 4.90 Å². The second-order valence-corrected chi connectivity index (χ2v) is 9.12. The largest absolute Gasteiger partial charge is 0.303 e. The zero-order valence-corrected chi connectivity index (χ0v) is 21.2. The number of carbonyl (C=O) groups is 1. The van der Waals surface area contributed by atoms with Gasteiger partial charge in [0.25, 0.3) is 0 Å². The number of benzene rings is 3. The van der Waals surface area contributed by atoms with E-state index in [9.17, 15) is 4.79 Å². The third kappa shape index (κ3) is 7.03. The summed E-state index contributed by atoms with van der Waals surface area (Å²) in [5, 5.41) is 4.70. The molecule has 0 saturated heterocycles. The summed E-state index contributed by atoms with van der Waals surface area (Å²) in [7, 11) is 0. The topological polar surface area (TPSA) is 20.3 Å². The van der Waals surface area contributed by atoms with Gasteiger partial charge in [-0.1, -0.05) is 91.9 Å². The molecule has 0 aliphatic carbocycles. The van der Waals surface area contributed by atoms with Crippen LogP contribution in [0.5, 0.6) is 0 Å². The molecule has 0 aliphatic heterocycles. The van der Waals surface area contributed by atoms with Crippen LogP contribution in [0.25, 0.3) is 21.5 Å². The first kappa shape index (κ1) is 25.8. The average molecular weight is 505 g/mol. The SMILES string of the molecule is CCCCCN(CCCCC)CCC(=O)c1ccc2cc(Br)c3ccccc3c2c1.Cl. The van der Waals surface area contributed by atoms with Gasteiger partial charge in [-0.25, -0.2) is 0 Å². The number of ketones is 1. The van der Waals surface area contributed by atoms with Gasteiger partial charge in [0, 0.05) is 23.0 Å². The van der Waals surface area contributed by atoms with Crippen molar-refractivity contribution in [2.45, 2.75) is 58.8 Å². The van der Waals surface area contributed by atoms with Crippen molar-refractivity contribution in [2.24, 2.45) is 0 Å². The third-order valence-electron chi connectivity index (χ3n) is 5.94. The van der Waals surface area contributed by atoms with E-state index < -0.39 is 0 Å². The van der Waals surface area contributed by atoms with E-state index in [1.807, 2.05) is 6.07 Å². The average Bonchev–Trinajstić information content (AvgIpc) is 2.77. The van der Waals surface area contributed by atoms with Crippen molar-refractivity contribution in [3.63, 3.8) is 0 Å². The Hall–Kier alpha value is -1.42. The Morgan fingerprint density at radius 3 is 2.10 bits per heavy atom. The van der Waals surface area contributed by atoms with E-state index in [1.165, 1.54) is 49.3 Å². The minimum absolute atomic E-state index is 0. The highest BCUT2D eigenvalue weighted by atomic mass is 79.9. The van der Waals surface area contributed by atoms with Crippen LogP contribution in [-0.4, -0.2) is 30.3 Å². The predicted molar refractivity (Wildman–Crippen MR) is 141 cm³/mol. The lowest BCUT2D eigenvalue weighted by molar-refractivity contribution is 0.0963. The fraction of sp³-hybridized carbons (Fsp3) is 0.444. The van der Waals surface area contributed by atoms with Gasteiger partial charge >= 0.3 is 0 Å². The van der Waals surface area contributed by atoms with Crippen molar-refractivity contribution < 1.29 is 4.79 Å². The predicted octanol–water partition coefficient (Wildman–Crippen LogP) is 8.43. The summed E-state index contributed by atoms with van der Waals surface area (Å²) in [6.45, 7) is 7.58. The molecule has 4 heteroatoms. The summed E-state index contributed by atoms with van der Waals surface area (Å²) in [4.78, 5) is 15.5. The molecule has 0 radical (unpaired) electrons. The molecule has 0 aliphatic rings. The van der Waals surface area contributed by atoms with E-state index in [4.69, 9.17) is 0 Å². The first-order chi connectivity index (χ1) is 14.6. The standard InChI is InChI=1S/C27H34BrNO.ClH/c1-3-5-9-16-29(17-10-6-4-2)18-15-27(30)22-14-13-21-20-26(28)24-12-8-7-11-23(24)25(21)19-22;/h7-8,11-14,19-20H,3-6,9-10,15-18H2,1-2H3;1H. The van der Waals surface area contributed by atoms with E-state index in [0.717, 1.165) is 40.4 Å². The molecule has 0 spiro atoms. The van der Waals surface area contributed by atoms with E-state index in [1.54, 1.807) is 0 Å². The van der Waals surface area contributed by atoms with Crippen molar-refractivity contribution in [1.82, 2.24) is 4.90 Å². The minimum atomic E-state index is 0. The van der Waals surface area contributed by atoms with Crippen molar-refractivity contribution >= 4 is 55.7 Å². The van der Waals surface area contributed by atoms with E-state index in [0.29, 0.717) is 6.42 Å². The summed E-state index contributed by atoms with van der Waals surface area (Å²) < 4.78 is 1.10. The molecule has 0 heterocycles. The normalized spacial score (nSPS) is 11.2. The van der Waals surface area contributed by atoms with Gasteiger partial charge in [0.1, 0.15) is 0 Å². The van der Waals surface area contributed by atoms with Crippen LogP contribution in [-0.2, 0) is 0 Å². The van der Waals surface area contributed by atoms with Crippen LogP contribution in [0.1, 0.15) is 69.2 Å². The molecule has 3 rings (SSSR count). The molecule has 31 heavy (non-hydrogen) atoms. The molecule has 0 unspecified atom stereocenters. The Balaban J connectivity index is 0.00000341. The smallest absolute Gasteiger partial charge is 0.164 e. The van der Waals surface area contributed by atoms with Gasteiger partial charge in [-0.2, -0.15) is 0 Å². The Morgan fingerprint density at radius 2 is 1.45 bits per heavy atom. The second-order valence-electron chi connectivity index (χ2n) is 8.27. The molecular weight excluding hydrogens is 470 g/mol. The van der Waals surface area contributed by atoms with Gasteiger partial charge in [-0.05, 0) is 59.6 Å². The Morgan fingerprint density at radius 1 is 0.806 bits per heavy atom. The van der Waals surface area contributed by atoms with Crippen LogP contribution in [0.15, 0.2) is 53.0 Å². The lowest BCUT2D eigenvalue weighted by Crippen LogP contribution is -2.28. The van der Waals surface area contributed by atoms with Crippen LogP contribution >= 0.6 is 28.3 Å². The number of rotatable bonds is 12. The van der Waals surface area contributed by atoms with E-state index in [-0.39, 0.29) is 18.2 Å². The van der Waals surface area contributed by atoms with Crippen molar-refractivity contribution in [3.8, 4) is 0 Å². The maximum Gasteiger partial charge on any atom is 0.164 e. The monoisotopic (exact) mass is 503 g/mol. The summed E-state index contributed by atoms with van der Waals surface area (Å²) >= 11 is 3.69. The number of nitrogens with zero attached hydrogens (tertiary/aromatic N) is 1. The summed E-state index contributed by atoms with van der Waals surface area (Å²) in [6, 6.07) is 16.7. The van der Waals surface area contributed by atoms with Gasteiger partial charge in [0.15, 0.2) is 5.78 Å². The molecule has 0 fully saturated rings. The Bertz CT molecular complexity index is 978. The molecule has 3 aromatic carbocycles. The lowest BCUT2D eigenvalue weighted by Gasteiger charge is -2.22. The van der Waals surface area contributed by atoms with Crippen LogP contribution in [0.2, 0.25) is 0 Å². The number of carbonyl (C=O) groups excluding carboxylic acids is 1. The zero-order valence-electron chi connectivity index (χ0n) is 18.8. The number of fused-ring (bicyclic) bond motifs is 3. The summed E-state index contributed by atoms with van der Waals surface area (Å²) in [5.74, 6) is 0.250. The van der Waals surface area contributed by atoms with Crippen molar-refractivity contribution in [2.75, 3.05) is 19.6 Å². The molecule has 0 amide bonds. The van der Waals surface area contributed by atoms with Crippen molar-refractivity contribution in [1.29, 1.82) is 0 Å². The summed E-state index contributed by atoms with van der Waals surface area (Å²) in [5.41, 5.74) is 0.831. The quantitative estimate of drug-likeness (QED) is 0.140. The highest BCUT2D eigenvalue weighted by molar-refractivity contribution is 9.10. The van der Waals surface area contributed by atoms with Gasteiger partial charge in [-0.15, -0.1) is 12.4 Å². The summed E-state index contributed by atoms with van der Waals surface area (Å²) in [6.07, 6.45) is 8.07. The Labute approximate surface area is 201 Å². The van der Waals surface area contributed by atoms with Crippen LogP contribution in [0, 0.1) is 0 Å². The fourth-order valence-corrected chi connectivity index (χ4v) is 4.73. The first-order valence-corrected chi connectivity index (χ1v) is 12.3. The van der Waals surface area contributed by atoms with Crippen LogP contribution in [0.3, 0.4) is 0 Å². The van der Waals surface area contributed by atoms with Gasteiger partial charge in [0.05, 0.1) is 0 Å². The fourth-order valence-electron chi connectivity index (χ4n) is 4.14. The van der Waals surface area contributed by atoms with Crippen molar-refractivity contribution in [3.05, 3.63) is 58.6 Å². The molecule has 3 aromatic rings. The molecule has 0 saturated carbocycles. The molecular formula is C27H35BrClNO. The molecule has 0 aromatic heterocycles. The number of unbranched alkanes of at least 4 members (excludes halogenated alkanes) is 4. The number of hydrogen-bond donors (Lipinski definition) is 0. The number of Topliss-reactive ketones (excluding diaryl/α,β-unsaturated/α-hetero) is 1. The minimum Gasteiger partial charge on any atom is -0.303 e. The molecule has 168 valence electrons. The molecule has 0 atom stereocenters. The second kappa shape index (κ2) is 13.2. The molecule has 0 bridgehead atoms. The maximum absolute atomic E-state index is 13.0. The molecule has 0 N–H and O–H groups in total.